The predicted molar refractivity (Wildman–Crippen MR) is 513 cm³/mol. The maximum atomic E-state index is 12.9. The first-order valence-electron chi connectivity index (χ1n) is 43.3. The molecule has 8 aromatic carbocycles. The number of aromatic nitrogens is 8. The Morgan fingerprint density at radius 1 is 0.386 bits per heavy atom. The number of hydrogen-bond donors (Lipinski definition) is 3. The molecule has 8 atom stereocenters. The third-order valence-corrected chi connectivity index (χ3v) is 26.1. The zero-order chi connectivity index (χ0) is 93.7. The summed E-state index contributed by atoms with van der Waals surface area (Å²) in [6, 6.07) is 46.6. The molecule has 0 saturated heterocycles. The molecule has 7 saturated carbocycles. The molecule has 0 aliphatic heterocycles. The third-order valence-electron chi connectivity index (χ3n) is 23.3. The summed E-state index contributed by atoms with van der Waals surface area (Å²) in [5, 5.41) is 24.2. The molecule has 0 bridgehead atoms. The van der Waals surface area contributed by atoms with Gasteiger partial charge in [0.2, 0.25) is 46.7 Å². The number of alkyl halides is 1. The molecule has 8 unspecified atom stereocenters. The zero-order valence-electron chi connectivity index (χ0n) is 73.2. The lowest BCUT2D eigenvalue weighted by atomic mass is 10.1. The van der Waals surface area contributed by atoms with Gasteiger partial charge in [0.05, 0.1) is 95.0 Å². The van der Waals surface area contributed by atoms with Gasteiger partial charge in [-0.25, -0.2) is 19.9 Å². The van der Waals surface area contributed by atoms with Gasteiger partial charge in [-0.2, -0.15) is 19.9 Å². The highest BCUT2D eigenvalue weighted by Crippen LogP contribution is 2.49. The van der Waals surface area contributed by atoms with E-state index in [9.17, 15) is 38.4 Å². The normalized spacial score (nSPS) is 18.4. The second kappa shape index (κ2) is 43.7. The largest absolute Gasteiger partial charge is 0.481 e. The van der Waals surface area contributed by atoms with E-state index in [0.717, 1.165) is 103 Å². The number of esters is 3. The van der Waals surface area contributed by atoms with E-state index in [4.69, 9.17) is 90.4 Å². The number of ketones is 4. The van der Waals surface area contributed by atoms with Crippen LogP contribution in [0.4, 0.5) is 39.8 Å². The fourth-order valence-corrected chi connectivity index (χ4v) is 17.1. The second-order valence-corrected chi connectivity index (χ2v) is 35.7. The molecule has 4 aromatic heterocycles. The number of ether oxygens (including phenoxy) is 7. The third kappa shape index (κ3) is 23.3. The minimum Gasteiger partial charge on any atom is -0.481 e. The first kappa shape index (κ1) is 96.3. The highest BCUT2D eigenvalue weighted by atomic mass is 79.9. The number of aliphatic carboxylic acids is 1. The standard InChI is InChI=1S/C26H26ClN3O4.C24H22ClN3O4.C22H20ClN3O4.C12H13BrN2O4.C10H8ClN.C4H7Br/c1-3-34-26(32)19-12-18(19)23(31)24-28-13-22(25(29-24)33-2)30(14-15-8-9-15)21-11-10-20(27)16-6-4-5-7-17(16)21;1-32-23-20(11-26-22(27-23)21(29)16-10-17(16)24(30)31)28(12-13-6-7-13)19-9-8-18(25)14-4-2-3-5-15(14)19;1-3-30-22(28)15-10-14(15)19(27)20-24-11-18(21(26-20)29-2)25-17-9-8-16(23)12-6-4-5-7-13(12)17;1-3-19-12(17)7-4-6(7)9(16)10-14-5-8(13)11(15-10)18-2;11-9-5-6-10(12)8-4-2-1-3-7(8)9;5-3-4-1-2-4/h4-7,10-11,13,15,18-19H,3,8-9,12,14H2,1-2H3;2-5,8-9,11,13,16-17H,6-7,10,12H2,1H3,(H,30,31);4-9,11,14-15,25H,3,10H2,1-2H3;5-7H,3-4H2,1-2H3;1-6H,12H2;4H,1-3H2. The van der Waals surface area contributed by atoms with Crippen LogP contribution in [0.1, 0.15) is 127 Å². The van der Waals surface area contributed by atoms with Crippen LogP contribution in [0.2, 0.25) is 20.1 Å². The smallest absolute Gasteiger partial charge is 0.309 e. The predicted octanol–water partition coefficient (Wildman–Crippen LogP) is 20.9. The van der Waals surface area contributed by atoms with Crippen LogP contribution >= 0.6 is 78.3 Å². The molecule has 7 aliphatic carbocycles. The molecule has 0 amide bonds. The molecule has 132 heavy (non-hydrogen) atoms. The summed E-state index contributed by atoms with van der Waals surface area (Å²) in [6.45, 7) is 7.68. The van der Waals surface area contributed by atoms with Crippen LogP contribution in [0.15, 0.2) is 175 Å². The van der Waals surface area contributed by atoms with Crippen LogP contribution in [-0.4, -0.2) is 159 Å². The number of Topliss-reactive ketones (excluding diaryl/α,β-unsaturated/α-hetero) is 4. The van der Waals surface area contributed by atoms with Gasteiger partial charge < -0.3 is 59.1 Å². The molecule has 28 nitrogen and oxygen atoms in total. The minimum atomic E-state index is -0.961. The number of carboxylic acid groups (broad SMARTS) is 1. The Hall–Kier alpha value is -11.8. The van der Waals surface area contributed by atoms with Gasteiger partial charge in [0.15, 0.2) is 23.3 Å². The van der Waals surface area contributed by atoms with E-state index in [0.29, 0.717) is 106 Å². The number of nitrogen functional groups attached to an aromatic ring is 1. The van der Waals surface area contributed by atoms with E-state index < -0.39 is 41.5 Å². The number of nitrogens with one attached hydrogen (secondary N) is 1. The van der Waals surface area contributed by atoms with Crippen molar-refractivity contribution in [1.29, 1.82) is 0 Å². The van der Waals surface area contributed by atoms with Crippen LogP contribution in [-0.2, 0) is 33.4 Å². The van der Waals surface area contributed by atoms with Crippen LogP contribution in [0.25, 0.3) is 43.1 Å². The molecule has 686 valence electrons. The quantitative estimate of drug-likeness (QED) is 0.0124. The molecule has 34 heteroatoms. The number of carbonyl (C=O) groups excluding carboxylic acids is 7. The van der Waals surface area contributed by atoms with Gasteiger partial charge >= 0.3 is 23.9 Å². The molecule has 0 radical (unpaired) electrons. The van der Waals surface area contributed by atoms with Gasteiger partial charge in [-0.1, -0.05) is 159 Å². The number of rotatable bonds is 30. The summed E-state index contributed by atoms with van der Waals surface area (Å²) in [4.78, 5) is 135. The number of anilines is 7. The average molecular weight is 2000 g/mol. The summed E-state index contributed by atoms with van der Waals surface area (Å²) in [6.07, 6.45) is 15.5. The lowest BCUT2D eigenvalue weighted by Gasteiger charge is -2.27. The first-order valence-corrected chi connectivity index (χ1v) is 46.8. The number of benzene rings is 8. The molecule has 4 N–H and O–H groups in total. The van der Waals surface area contributed by atoms with Gasteiger partial charge in [0, 0.05) is 134 Å². The summed E-state index contributed by atoms with van der Waals surface area (Å²) in [5.74, 6) is -3.29. The zero-order valence-corrected chi connectivity index (χ0v) is 79.4. The first-order chi connectivity index (χ1) is 63.8. The Bertz CT molecular complexity index is 6310. The van der Waals surface area contributed by atoms with E-state index in [-0.39, 0.29) is 87.9 Å². The van der Waals surface area contributed by atoms with Crippen molar-refractivity contribution < 1.29 is 76.6 Å². The second-order valence-electron chi connectivity index (χ2n) is 32.6. The minimum absolute atomic E-state index is 0.00770. The molecule has 12 aromatic rings. The monoisotopic (exact) mass is 1990 g/mol. The van der Waals surface area contributed by atoms with E-state index in [1.165, 1.54) is 71.8 Å². The lowest BCUT2D eigenvalue weighted by Crippen LogP contribution is -2.22. The van der Waals surface area contributed by atoms with Gasteiger partial charge in [0.1, 0.15) is 17.1 Å². The Labute approximate surface area is 798 Å². The van der Waals surface area contributed by atoms with Crippen molar-refractivity contribution in [2.24, 2.45) is 65.1 Å². The molecule has 0 spiro atoms. The molecular weight excluding hydrogens is 1900 g/mol. The van der Waals surface area contributed by atoms with Crippen molar-refractivity contribution in [2.45, 2.75) is 85.0 Å². The van der Waals surface area contributed by atoms with Crippen molar-refractivity contribution in [3.05, 3.63) is 218 Å². The number of methoxy groups -OCH3 is 4. The van der Waals surface area contributed by atoms with E-state index >= 15 is 0 Å². The van der Waals surface area contributed by atoms with Gasteiger partial charge in [0.25, 0.3) is 0 Å². The maximum absolute atomic E-state index is 12.9. The molecule has 4 heterocycles. The number of halogens is 6. The molecule has 19 rings (SSSR count). The Morgan fingerprint density at radius 2 is 0.712 bits per heavy atom. The Morgan fingerprint density at radius 3 is 1.08 bits per heavy atom. The van der Waals surface area contributed by atoms with Crippen LogP contribution < -0.4 is 39.8 Å². The van der Waals surface area contributed by atoms with Crippen LogP contribution in [0.5, 0.6) is 23.5 Å². The Balaban J connectivity index is 0.000000135. The van der Waals surface area contributed by atoms with E-state index in [1.807, 2.05) is 140 Å². The van der Waals surface area contributed by atoms with E-state index in [1.54, 1.807) is 39.2 Å². The molecule has 7 aliphatic rings. The average Bonchev–Trinajstić information content (AvgIpc) is 1.75. The van der Waals surface area contributed by atoms with Crippen molar-refractivity contribution >= 4 is 208 Å². The summed E-state index contributed by atoms with van der Waals surface area (Å²) in [5.41, 5.74) is 11.2. The topological polar surface area (TPSA) is 369 Å². The maximum Gasteiger partial charge on any atom is 0.309 e. The highest BCUT2D eigenvalue weighted by molar-refractivity contribution is 9.10. The van der Waals surface area contributed by atoms with Crippen molar-refractivity contribution in [3.63, 3.8) is 0 Å². The van der Waals surface area contributed by atoms with Gasteiger partial charge in [-0.3, -0.25) is 38.4 Å². The summed E-state index contributed by atoms with van der Waals surface area (Å²) in [7, 11) is 5.97. The van der Waals surface area contributed by atoms with Crippen molar-refractivity contribution in [2.75, 3.05) is 87.5 Å². The fraction of sp³-hybridized carbons (Fsp3) is 0.347. The van der Waals surface area contributed by atoms with Crippen LogP contribution in [0, 0.1) is 65.1 Å². The lowest BCUT2D eigenvalue weighted by molar-refractivity contribution is -0.145. The Kier molecular flexibility index (Phi) is 31.9. The molecule has 7 fully saturated rings. The molecular formula is C98H96Br2Cl4N12O16. The fourth-order valence-electron chi connectivity index (χ4n) is 15.2. The summed E-state index contributed by atoms with van der Waals surface area (Å²) < 4.78 is 37.0. The van der Waals surface area contributed by atoms with Gasteiger partial charge in [-0.15, -0.1) is 0 Å². The van der Waals surface area contributed by atoms with Crippen LogP contribution in [0.3, 0.4) is 0 Å². The SMILES string of the molecule is BrCC1CC1.CCOC(=O)C1CC1C(=O)c1ncc(Br)c(OC)n1.CCOC(=O)C1CC1C(=O)c1ncc(N(CC2CC2)c2ccc(Cl)c3ccccc23)c(OC)n1.CCOC(=O)C1CC1C(=O)c1ncc(Nc2ccc(Cl)c3ccccc23)c(OC)n1.COc1nc(C(=O)C2CC2C(=O)O)ncc1N(CC1CC1)c1ccc(Cl)c2ccccc12.Nc1ccc(Cl)c2ccccc12. The number of hydrogen-bond acceptors (Lipinski definition) is 27. The van der Waals surface area contributed by atoms with Crippen molar-refractivity contribution in [3.8, 4) is 23.5 Å². The summed E-state index contributed by atoms with van der Waals surface area (Å²) >= 11 is 31.7. The van der Waals surface area contributed by atoms with Crippen molar-refractivity contribution in [1.82, 2.24) is 39.9 Å². The van der Waals surface area contributed by atoms with Gasteiger partial charge in [-0.05, 0) is 167 Å². The number of carboxylic acids is 1. The highest BCUT2D eigenvalue weighted by Gasteiger charge is 2.53. The van der Waals surface area contributed by atoms with E-state index in [2.05, 4.69) is 86.8 Å². The number of carbonyl (C=O) groups is 8. The number of nitrogens with zero attached hydrogens (tertiary/aromatic N) is 10. The number of fused-ring (bicyclic) bond motifs is 4. The number of nitrogens with two attached hydrogens (primary N) is 1.